The van der Waals surface area contributed by atoms with Gasteiger partial charge in [0.25, 0.3) is 0 Å². The maximum absolute atomic E-state index is 4.40. The van der Waals surface area contributed by atoms with Gasteiger partial charge in [-0.1, -0.05) is 56.3 Å². The van der Waals surface area contributed by atoms with Gasteiger partial charge in [0.2, 0.25) is 0 Å². The predicted octanol–water partition coefficient (Wildman–Crippen LogP) is 4.32. The first kappa shape index (κ1) is 12.2. The molecule has 3 aromatic rings. The summed E-state index contributed by atoms with van der Waals surface area (Å²) in [6, 6.07) is 16.3. The van der Waals surface area contributed by atoms with Crippen LogP contribution in [0.2, 0.25) is 0 Å². The summed E-state index contributed by atoms with van der Waals surface area (Å²) < 4.78 is 0. The Balaban J connectivity index is 0.000000574. The van der Waals surface area contributed by atoms with E-state index in [2.05, 4.69) is 28.2 Å². The molecule has 0 aliphatic carbocycles. The average molecular weight is 236 g/mol. The molecule has 0 aliphatic rings. The first-order chi connectivity index (χ1) is 8.95. The van der Waals surface area contributed by atoms with Crippen LogP contribution < -0.4 is 0 Å². The number of hydrogen-bond donors (Lipinski definition) is 0. The molecule has 1 heterocycles. The SMILES string of the molecule is CC.c1ccc(-c2cccc3nccnc23)cc1. The van der Waals surface area contributed by atoms with E-state index in [1.54, 1.807) is 12.4 Å². The molecule has 0 amide bonds. The lowest BCUT2D eigenvalue weighted by atomic mass is 10.0. The van der Waals surface area contributed by atoms with Crippen LogP contribution in [0.3, 0.4) is 0 Å². The van der Waals surface area contributed by atoms with Gasteiger partial charge in [0.15, 0.2) is 0 Å². The molecule has 2 heteroatoms. The van der Waals surface area contributed by atoms with Crippen molar-refractivity contribution in [3.8, 4) is 11.1 Å². The molecular weight excluding hydrogens is 220 g/mol. The Morgan fingerprint density at radius 2 is 1.44 bits per heavy atom. The van der Waals surface area contributed by atoms with Gasteiger partial charge in [-0.15, -0.1) is 0 Å². The fourth-order valence-corrected chi connectivity index (χ4v) is 1.84. The third-order valence-electron chi connectivity index (χ3n) is 2.58. The maximum atomic E-state index is 4.40. The largest absolute Gasteiger partial charge is 0.253 e. The summed E-state index contributed by atoms with van der Waals surface area (Å²) in [5.74, 6) is 0. The van der Waals surface area contributed by atoms with E-state index in [0.29, 0.717) is 0 Å². The van der Waals surface area contributed by atoms with Crippen molar-refractivity contribution in [3.63, 3.8) is 0 Å². The molecule has 3 rings (SSSR count). The number of benzene rings is 2. The van der Waals surface area contributed by atoms with Gasteiger partial charge >= 0.3 is 0 Å². The number of nitrogens with zero attached hydrogens (tertiary/aromatic N) is 2. The van der Waals surface area contributed by atoms with Crippen LogP contribution in [0.15, 0.2) is 60.9 Å². The van der Waals surface area contributed by atoms with Crippen molar-refractivity contribution in [1.82, 2.24) is 9.97 Å². The average Bonchev–Trinajstić information content (AvgIpc) is 2.50. The van der Waals surface area contributed by atoms with Gasteiger partial charge in [-0.3, -0.25) is 9.97 Å². The fraction of sp³-hybridized carbons (Fsp3) is 0.125. The van der Waals surface area contributed by atoms with Crippen molar-refractivity contribution >= 4 is 11.0 Å². The Morgan fingerprint density at radius 1 is 0.722 bits per heavy atom. The van der Waals surface area contributed by atoms with Crippen molar-refractivity contribution in [2.45, 2.75) is 13.8 Å². The molecule has 0 saturated carbocycles. The van der Waals surface area contributed by atoms with Gasteiger partial charge < -0.3 is 0 Å². The molecule has 0 bridgehead atoms. The molecule has 1 aromatic heterocycles. The lowest BCUT2D eigenvalue weighted by molar-refractivity contribution is 1.29. The van der Waals surface area contributed by atoms with Crippen LogP contribution in [0.4, 0.5) is 0 Å². The van der Waals surface area contributed by atoms with Gasteiger partial charge in [-0.05, 0) is 11.6 Å². The van der Waals surface area contributed by atoms with E-state index in [-0.39, 0.29) is 0 Å². The van der Waals surface area contributed by atoms with E-state index in [1.165, 1.54) is 5.56 Å². The van der Waals surface area contributed by atoms with Crippen molar-refractivity contribution in [3.05, 3.63) is 60.9 Å². The second kappa shape index (κ2) is 5.92. The number of aromatic nitrogens is 2. The Hall–Kier alpha value is -2.22. The summed E-state index contributed by atoms with van der Waals surface area (Å²) in [5, 5.41) is 0. The van der Waals surface area contributed by atoms with Crippen molar-refractivity contribution < 1.29 is 0 Å². The van der Waals surface area contributed by atoms with E-state index >= 15 is 0 Å². The van der Waals surface area contributed by atoms with E-state index < -0.39 is 0 Å². The molecule has 90 valence electrons. The highest BCUT2D eigenvalue weighted by atomic mass is 14.8. The van der Waals surface area contributed by atoms with E-state index in [9.17, 15) is 0 Å². The van der Waals surface area contributed by atoms with Gasteiger partial charge in [0.1, 0.15) is 0 Å². The summed E-state index contributed by atoms with van der Waals surface area (Å²) >= 11 is 0. The first-order valence-corrected chi connectivity index (χ1v) is 6.20. The van der Waals surface area contributed by atoms with E-state index in [0.717, 1.165) is 16.6 Å². The molecule has 0 spiro atoms. The van der Waals surface area contributed by atoms with Crippen LogP contribution >= 0.6 is 0 Å². The van der Waals surface area contributed by atoms with Crippen LogP contribution in [0.25, 0.3) is 22.2 Å². The lowest BCUT2D eigenvalue weighted by Crippen LogP contribution is -1.86. The summed E-state index contributed by atoms with van der Waals surface area (Å²) in [7, 11) is 0. The van der Waals surface area contributed by atoms with Crippen LogP contribution in [-0.2, 0) is 0 Å². The number of para-hydroxylation sites is 1. The maximum Gasteiger partial charge on any atom is 0.0965 e. The Labute approximate surface area is 107 Å². The molecule has 0 aliphatic heterocycles. The third kappa shape index (κ3) is 2.38. The fourth-order valence-electron chi connectivity index (χ4n) is 1.84. The summed E-state index contributed by atoms with van der Waals surface area (Å²) in [4.78, 5) is 8.70. The molecule has 18 heavy (non-hydrogen) atoms. The minimum Gasteiger partial charge on any atom is -0.253 e. The van der Waals surface area contributed by atoms with Gasteiger partial charge in [0.05, 0.1) is 11.0 Å². The topological polar surface area (TPSA) is 25.8 Å². The zero-order valence-electron chi connectivity index (χ0n) is 10.7. The molecule has 0 N–H and O–H groups in total. The smallest absolute Gasteiger partial charge is 0.0965 e. The summed E-state index contributed by atoms with van der Waals surface area (Å²) in [6.07, 6.45) is 3.45. The molecule has 2 nitrogen and oxygen atoms in total. The van der Waals surface area contributed by atoms with Gasteiger partial charge in [-0.2, -0.15) is 0 Å². The molecule has 0 fully saturated rings. The van der Waals surface area contributed by atoms with E-state index in [1.807, 2.05) is 44.2 Å². The number of hydrogen-bond acceptors (Lipinski definition) is 2. The number of fused-ring (bicyclic) bond motifs is 1. The van der Waals surface area contributed by atoms with Crippen molar-refractivity contribution in [1.29, 1.82) is 0 Å². The zero-order chi connectivity index (χ0) is 12.8. The second-order valence-electron chi connectivity index (χ2n) is 3.60. The Morgan fingerprint density at radius 3 is 2.22 bits per heavy atom. The normalized spacial score (nSPS) is 9.67. The highest BCUT2D eigenvalue weighted by Crippen LogP contribution is 2.25. The monoisotopic (exact) mass is 236 g/mol. The molecule has 0 atom stereocenters. The van der Waals surface area contributed by atoms with Crippen LogP contribution in [0.1, 0.15) is 13.8 Å². The lowest BCUT2D eigenvalue weighted by Gasteiger charge is -2.04. The molecule has 0 unspecified atom stereocenters. The van der Waals surface area contributed by atoms with Gasteiger partial charge in [-0.25, -0.2) is 0 Å². The minimum absolute atomic E-state index is 0.934. The Kier molecular flexibility index (Phi) is 4.02. The van der Waals surface area contributed by atoms with E-state index in [4.69, 9.17) is 0 Å². The van der Waals surface area contributed by atoms with Gasteiger partial charge in [0, 0.05) is 18.0 Å². The molecule has 0 saturated heterocycles. The zero-order valence-corrected chi connectivity index (χ0v) is 10.7. The van der Waals surface area contributed by atoms with Crippen molar-refractivity contribution in [2.75, 3.05) is 0 Å². The second-order valence-corrected chi connectivity index (χ2v) is 3.60. The highest BCUT2D eigenvalue weighted by molar-refractivity contribution is 5.91. The number of rotatable bonds is 1. The van der Waals surface area contributed by atoms with Crippen LogP contribution in [-0.4, -0.2) is 9.97 Å². The molecule has 0 radical (unpaired) electrons. The quantitative estimate of drug-likeness (QED) is 0.628. The molecule has 2 aromatic carbocycles. The van der Waals surface area contributed by atoms with Crippen molar-refractivity contribution in [2.24, 2.45) is 0 Å². The predicted molar refractivity (Wildman–Crippen MR) is 76.3 cm³/mol. The standard InChI is InChI=1S/C14H10N2.C2H6/c1-2-5-11(6-3-1)12-7-4-8-13-14(12)16-10-9-15-13;1-2/h1-10H;1-2H3. The Bertz CT molecular complexity index is 613. The highest BCUT2D eigenvalue weighted by Gasteiger charge is 2.03. The van der Waals surface area contributed by atoms with Crippen LogP contribution in [0, 0.1) is 0 Å². The summed E-state index contributed by atoms with van der Waals surface area (Å²) in [5.41, 5.74) is 4.19. The third-order valence-corrected chi connectivity index (χ3v) is 2.58. The van der Waals surface area contributed by atoms with Crippen LogP contribution in [0.5, 0.6) is 0 Å². The minimum atomic E-state index is 0.934. The summed E-state index contributed by atoms with van der Waals surface area (Å²) in [6.45, 7) is 4.00. The first-order valence-electron chi connectivity index (χ1n) is 6.20. The molecular formula is C16H16N2.